The highest BCUT2D eigenvalue weighted by Crippen LogP contribution is 2.22. The van der Waals surface area contributed by atoms with Crippen LogP contribution in [0.3, 0.4) is 0 Å². The fourth-order valence-corrected chi connectivity index (χ4v) is 2.62. The van der Waals surface area contributed by atoms with E-state index < -0.39 is 5.82 Å². The predicted molar refractivity (Wildman–Crippen MR) is 101 cm³/mol. The minimum absolute atomic E-state index is 0.0429. The van der Waals surface area contributed by atoms with Crippen LogP contribution in [0.4, 0.5) is 15.8 Å². The average molecular weight is 357 g/mol. The first-order valence-electron chi connectivity index (χ1n) is 8.52. The number of carbonyl (C=O) groups is 2. The Morgan fingerprint density at radius 3 is 2.38 bits per heavy atom. The van der Waals surface area contributed by atoms with Gasteiger partial charge in [0.1, 0.15) is 5.82 Å². The Balaban J connectivity index is 1.98. The molecule has 2 amide bonds. The highest BCUT2D eigenvalue weighted by Gasteiger charge is 2.18. The van der Waals surface area contributed by atoms with Gasteiger partial charge in [-0.25, -0.2) is 4.39 Å². The smallest absolute Gasteiger partial charge is 0.239 e. The van der Waals surface area contributed by atoms with E-state index in [0.717, 1.165) is 5.56 Å². The van der Waals surface area contributed by atoms with Gasteiger partial charge in [0.2, 0.25) is 11.8 Å². The normalized spacial score (nSPS) is 11.7. The first-order chi connectivity index (χ1) is 12.4. The summed E-state index contributed by atoms with van der Waals surface area (Å²) in [6.07, 6.45) is 0. The summed E-state index contributed by atoms with van der Waals surface area (Å²) in [4.78, 5) is 23.4. The number of carbonyl (C=O) groups excluding carboxylic acids is 2. The molecule has 0 aliphatic heterocycles. The molecule has 0 aliphatic carbocycles. The largest absolute Gasteiger partial charge is 0.376 e. The van der Waals surface area contributed by atoms with Gasteiger partial charge >= 0.3 is 0 Å². The molecule has 5 nitrogen and oxygen atoms in total. The quantitative estimate of drug-likeness (QED) is 0.707. The molecule has 0 radical (unpaired) electrons. The van der Waals surface area contributed by atoms with Crippen LogP contribution < -0.4 is 16.0 Å². The highest BCUT2D eigenvalue weighted by molar-refractivity contribution is 5.89. The van der Waals surface area contributed by atoms with Crippen LogP contribution in [0.5, 0.6) is 0 Å². The molecule has 0 spiro atoms. The molecule has 0 bridgehead atoms. The van der Waals surface area contributed by atoms with Crippen molar-refractivity contribution in [3.63, 3.8) is 0 Å². The molecule has 0 saturated heterocycles. The first kappa shape index (κ1) is 19.4. The van der Waals surface area contributed by atoms with Crippen LogP contribution in [0, 0.1) is 11.7 Å². The van der Waals surface area contributed by atoms with Gasteiger partial charge in [-0.2, -0.15) is 0 Å². The third-order valence-corrected chi connectivity index (χ3v) is 3.87. The average Bonchev–Trinajstić information content (AvgIpc) is 2.60. The molecule has 2 rings (SSSR count). The third kappa shape index (κ3) is 5.58. The van der Waals surface area contributed by atoms with E-state index in [-0.39, 0.29) is 36.0 Å². The molecule has 2 aromatic rings. The zero-order valence-corrected chi connectivity index (χ0v) is 15.2. The summed E-state index contributed by atoms with van der Waals surface area (Å²) >= 11 is 0. The van der Waals surface area contributed by atoms with Crippen LogP contribution in [0.1, 0.15) is 32.4 Å². The van der Waals surface area contributed by atoms with Gasteiger partial charge < -0.3 is 16.0 Å². The molecule has 3 N–H and O–H groups in total. The van der Waals surface area contributed by atoms with Crippen molar-refractivity contribution in [2.45, 2.75) is 26.8 Å². The number of amides is 2. The number of rotatable bonds is 7. The monoisotopic (exact) mass is 357 g/mol. The van der Waals surface area contributed by atoms with E-state index in [0.29, 0.717) is 5.69 Å². The lowest BCUT2D eigenvalue weighted by molar-refractivity contribution is -0.120. The first-order valence-corrected chi connectivity index (χ1v) is 8.52. The summed E-state index contributed by atoms with van der Waals surface area (Å²) in [5, 5.41) is 8.38. The molecule has 2 aromatic carbocycles. The number of hydrogen-bond acceptors (Lipinski definition) is 3. The van der Waals surface area contributed by atoms with Crippen molar-refractivity contribution < 1.29 is 14.0 Å². The van der Waals surface area contributed by atoms with Crippen LogP contribution in [0.2, 0.25) is 0 Å². The second-order valence-electron chi connectivity index (χ2n) is 6.43. The lowest BCUT2D eigenvalue weighted by Gasteiger charge is -2.23. The van der Waals surface area contributed by atoms with Gasteiger partial charge in [-0.05, 0) is 29.7 Å². The Kier molecular flexibility index (Phi) is 6.72. The maximum absolute atomic E-state index is 13.7. The number of benzene rings is 2. The van der Waals surface area contributed by atoms with E-state index in [2.05, 4.69) is 16.0 Å². The van der Waals surface area contributed by atoms with Crippen LogP contribution in [0.15, 0.2) is 48.5 Å². The van der Waals surface area contributed by atoms with Crippen LogP contribution in [-0.2, 0) is 9.59 Å². The summed E-state index contributed by atoms with van der Waals surface area (Å²) in [5.74, 6) is -0.822. The third-order valence-electron chi connectivity index (χ3n) is 3.87. The van der Waals surface area contributed by atoms with E-state index >= 15 is 0 Å². The minimum Gasteiger partial charge on any atom is -0.376 e. The summed E-state index contributed by atoms with van der Waals surface area (Å²) in [6.45, 7) is 5.44. The molecule has 0 aromatic heterocycles. The number of anilines is 2. The number of hydrogen-bond donors (Lipinski definition) is 3. The molecule has 0 aliphatic rings. The van der Waals surface area contributed by atoms with Gasteiger partial charge in [-0.3, -0.25) is 9.59 Å². The van der Waals surface area contributed by atoms with Gasteiger partial charge in [-0.15, -0.1) is 0 Å². The standard InChI is InChI=1S/C20H24FN3O2/c1-13(2)20(15-7-5-4-6-8-15)24-19(26)12-22-16-9-10-17(21)18(11-16)23-14(3)25/h4-11,13,20,22H,12H2,1-3H3,(H,23,25)(H,24,26)/t20-/m1/s1. The van der Waals surface area contributed by atoms with Gasteiger partial charge in [0.25, 0.3) is 0 Å². The predicted octanol–water partition coefficient (Wildman–Crippen LogP) is 3.71. The highest BCUT2D eigenvalue weighted by atomic mass is 19.1. The van der Waals surface area contributed by atoms with Crippen molar-refractivity contribution in [2.24, 2.45) is 5.92 Å². The molecular formula is C20H24FN3O2. The van der Waals surface area contributed by atoms with Gasteiger partial charge in [0.05, 0.1) is 18.3 Å². The fraction of sp³-hybridized carbons (Fsp3) is 0.300. The van der Waals surface area contributed by atoms with Crippen molar-refractivity contribution >= 4 is 23.2 Å². The summed E-state index contributed by atoms with van der Waals surface area (Å²) in [5.41, 5.74) is 1.67. The van der Waals surface area contributed by atoms with Crippen molar-refractivity contribution in [2.75, 3.05) is 17.2 Å². The van der Waals surface area contributed by atoms with Crippen molar-refractivity contribution in [3.8, 4) is 0 Å². The Hall–Kier alpha value is -2.89. The van der Waals surface area contributed by atoms with Crippen LogP contribution in [0.25, 0.3) is 0 Å². The fourth-order valence-electron chi connectivity index (χ4n) is 2.62. The van der Waals surface area contributed by atoms with E-state index in [4.69, 9.17) is 0 Å². The molecule has 6 heteroatoms. The van der Waals surface area contributed by atoms with Crippen molar-refractivity contribution in [3.05, 3.63) is 59.9 Å². The molecule has 0 saturated carbocycles. The van der Waals surface area contributed by atoms with Gasteiger partial charge in [0.15, 0.2) is 0 Å². The molecule has 0 fully saturated rings. The molecule has 0 unspecified atom stereocenters. The second kappa shape index (κ2) is 8.99. The molecule has 26 heavy (non-hydrogen) atoms. The van der Waals surface area contributed by atoms with Crippen molar-refractivity contribution in [1.82, 2.24) is 5.32 Å². The van der Waals surface area contributed by atoms with E-state index in [1.165, 1.54) is 25.1 Å². The Morgan fingerprint density at radius 2 is 1.77 bits per heavy atom. The Bertz CT molecular complexity index is 763. The van der Waals surface area contributed by atoms with E-state index in [9.17, 15) is 14.0 Å². The van der Waals surface area contributed by atoms with Crippen molar-refractivity contribution in [1.29, 1.82) is 0 Å². The molecular weight excluding hydrogens is 333 g/mol. The Labute approximate surface area is 153 Å². The SMILES string of the molecule is CC(=O)Nc1cc(NCC(=O)N[C@@H](c2ccccc2)C(C)C)ccc1F. The maximum atomic E-state index is 13.7. The Morgan fingerprint density at radius 1 is 1.08 bits per heavy atom. The molecule has 1 atom stereocenters. The topological polar surface area (TPSA) is 70.2 Å². The minimum atomic E-state index is -0.529. The van der Waals surface area contributed by atoms with Crippen LogP contribution in [-0.4, -0.2) is 18.4 Å². The summed E-state index contributed by atoms with van der Waals surface area (Å²) < 4.78 is 13.7. The summed E-state index contributed by atoms with van der Waals surface area (Å²) in [7, 11) is 0. The molecule has 138 valence electrons. The van der Waals surface area contributed by atoms with E-state index in [1.807, 2.05) is 44.2 Å². The summed E-state index contributed by atoms with van der Waals surface area (Å²) in [6, 6.07) is 13.9. The van der Waals surface area contributed by atoms with Gasteiger partial charge in [-0.1, -0.05) is 44.2 Å². The number of halogens is 1. The zero-order valence-electron chi connectivity index (χ0n) is 15.2. The number of nitrogens with one attached hydrogen (secondary N) is 3. The van der Waals surface area contributed by atoms with Crippen LogP contribution >= 0.6 is 0 Å². The lowest BCUT2D eigenvalue weighted by Crippen LogP contribution is -2.35. The van der Waals surface area contributed by atoms with E-state index in [1.54, 1.807) is 0 Å². The lowest BCUT2D eigenvalue weighted by atomic mass is 9.96. The maximum Gasteiger partial charge on any atom is 0.239 e. The second-order valence-corrected chi connectivity index (χ2v) is 6.43. The molecule has 0 heterocycles. The zero-order chi connectivity index (χ0) is 19.1. The van der Waals surface area contributed by atoms with Gasteiger partial charge in [0, 0.05) is 12.6 Å².